The summed E-state index contributed by atoms with van der Waals surface area (Å²) in [5.74, 6) is -1.13. The smallest absolute Gasteiger partial charge is 0.441 e. The summed E-state index contributed by atoms with van der Waals surface area (Å²) in [4.78, 5) is 28.1. The van der Waals surface area contributed by atoms with Crippen molar-refractivity contribution in [2.75, 3.05) is 7.11 Å². The van der Waals surface area contributed by atoms with E-state index in [4.69, 9.17) is 14.9 Å². The number of rotatable bonds is 4. The molecule has 2 aromatic carbocycles. The van der Waals surface area contributed by atoms with Crippen LogP contribution in [-0.4, -0.2) is 46.2 Å². The van der Waals surface area contributed by atoms with Crippen molar-refractivity contribution in [3.63, 3.8) is 0 Å². The lowest BCUT2D eigenvalue weighted by atomic mass is 10.1. The van der Waals surface area contributed by atoms with E-state index < -0.39 is 28.9 Å². The normalized spacial score (nSPS) is 17.0. The Morgan fingerprint density at radius 2 is 1.73 bits per heavy atom. The molecule has 0 saturated heterocycles. The Kier molecular flexibility index (Phi) is 5.77. The van der Waals surface area contributed by atoms with E-state index in [2.05, 4.69) is 10.1 Å². The molecule has 2 aliphatic heterocycles. The van der Waals surface area contributed by atoms with E-state index in [0.717, 1.165) is 0 Å². The van der Waals surface area contributed by atoms with E-state index in [0.29, 0.717) is 21.9 Å². The van der Waals surface area contributed by atoms with Crippen LogP contribution in [0.4, 0.5) is 13.2 Å². The Balaban J connectivity index is 1.49. The van der Waals surface area contributed by atoms with Crippen molar-refractivity contribution in [2.24, 2.45) is 10.1 Å². The predicted octanol–water partition coefficient (Wildman–Crippen LogP) is 4.10. The number of carbonyl (C=O) groups excluding carboxylic acids is 2. The highest BCUT2D eigenvalue weighted by Crippen LogP contribution is 2.35. The van der Waals surface area contributed by atoms with Crippen molar-refractivity contribution in [1.82, 2.24) is 5.01 Å². The molecule has 0 spiro atoms. The van der Waals surface area contributed by atoms with Crippen LogP contribution < -0.4 is 9.47 Å². The van der Waals surface area contributed by atoms with Crippen molar-refractivity contribution in [3.05, 3.63) is 65.2 Å². The number of esters is 1. The summed E-state index contributed by atoms with van der Waals surface area (Å²) in [7, 11) is 1.51. The van der Waals surface area contributed by atoms with Gasteiger partial charge in [-0.05, 0) is 59.8 Å². The lowest BCUT2D eigenvalue weighted by Crippen LogP contribution is -2.35. The summed E-state index contributed by atoms with van der Waals surface area (Å²) in [6.07, 6.45) is -3.41. The lowest BCUT2D eigenvalue weighted by Gasteiger charge is -2.20. The van der Waals surface area contributed by atoms with Gasteiger partial charge in [-0.15, -0.1) is 0 Å². The van der Waals surface area contributed by atoms with Gasteiger partial charge < -0.3 is 9.47 Å². The fourth-order valence-electron chi connectivity index (χ4n) is 2.80. The molecule has 4 rings (SSSR count). The topological polar surface area (TPSA) is 104 Å². The minimum atomic E-state index is -4.71. The molecule has 168 valence electrons. The maximum Gasteiger partial charge on any atom is 0.441 e. The molecule has 0 atom stereocenters. The fourth-order valence-corrected chi connectivity index (χ4v) is 3.56. The van der Waals surface area contributed by atoms with Gasteiger partial charge in [0.1, 0.15) is 11.5 Å². The van der Waals surface area contributed by atoms with Gasteiger partial charge in [0.25, 0.3) is 5.91 Å². The number of thioether (sulfide) groups is 1. The molecule has 0 aliphatic carbocycles. The Hall–Kier alpha value is -3.93. The number of hydrogen-bond donors (Lipinski definition) is 1. The van der Waals surface area contributed by atoms with E-state index >= 15 is 0 Å². The van der Waals surface area contributed by atoms with Gasteiger partial charge in [0.15, 0.2) is 5.84 Å². The number of benzene rings is 2. The number of hydrogen-bond acceptors (Lipinski definition) is 7. The van der Waals surface area contributed by atoms with Gasteiger partial charge in [-0.25, -0.2) is 4.79 Å². The zero-order chi connectivity index (χ0) is 23.8. The Bertz CT molecular complexity index is 1240. The van der Waals surface area contributed by atoms with Gasteiger partial charge in [0, 0.05) is 0 Å². The van der Waals surface area contributed by atoms with Crippen LogP contribution in [-0.2, 0) is 4.79 Å². The minimum Gasteiger partial charge on any atom is -0.497 e. The molecule has 1 N–H and O–H groups in total. The first-order valence-corrected chi connectivity index (χ1v) is 10.0. The molecule has 0 bridgehead atoms. The van der Waals surface area contributed by atoms with Crippen LogP contribution in [0, 0.1) is 5.41 Å². The zero-order valence-electron chi connectivity index (χ0n) is 16.7. The van der Waals surface area contributed by atoms with Gasteiger partial charge in [-0.1, -0.05) is 12.1 Å². The molecular formula is C21H13F3N4O4S. The summed E-state index contributed by atoms with van der Waals surface area (Å²) < 4.78 is 49.0. The number of aliphatic imine (C=N–C) groups is 1. The largest absolute Gasteiger partial charge is 0.497 e. The van der Waals surface area contributed by atoms with Crippen LogP contribution in [0.3, 0.4) is 0 Å². The van der Waals surface area contributed by atoms with Crippen molar-refractivity contribution < 1.29 is 32.2 Å². The van der Waals surface area contributed by atoms with Gasteiger partial charge in [0.2, 0.25) is 10.2 Å². The van der Waals surface area contributed by atoms with Crippen LogP contribution in [0.25, 0.3) is 6.08 Å². The third-order valence-electron chi connectivity index (χ3n) is 4.42. The van der Waals surface area contributed by atoms with E-state index in [9.17, 15) is 22.8 Å². The van der Waals surface area contributed by atoms with Gasteiger partial charge in [-0.2, -0.15) is 28.3 Å². The number of halogens is 3. The first kappa shape index (κ1) is 22.3. The Morgan fingerprint density at radius 1 is 1.09 bits per heavy atom. The number of amides is 1. The summed E-state index contributed by atoms with van der Waals surface area (Å²) in [5, 5.41) is 10.6. The second-order valence-corrected chi connectivity index (χ2v) is 7.57. The van der Waals surface area contributed by atoms with Crippen LogP contribution in [0.1, 0.15) is 15.9 Å². The number of alkyl halides is 3. The second-order valence-electron chi connectivity index (χ2n) is 6.61. The molecule has 2 aliphatic rings. The van der Waals surface area contributed by atoms with Crippen LogP contribution in [0.2, 0.25) is 0 Å². The number of nitrogens with one attached hydrogen (secondary N) is 1. The summed E-state index contributed by atoms with van der Waals surface area (Å²) in [6, 6.07) is 12.3. The molecule has 0 aromatic heterocycles. The number of hydrazone groups is 1. The van der Waals surface area contributed by atoms with Crippen molar-refractivity contribution in [2.45, 2.75) is 6.18 Å². The molecule has 12 heteroatoms. The average Bonchev–Trinajstić information content (AvgIpc) is 3.22. The fraction of sp³-hybridized carbons (Fsp3) is 0.0952. The molecule has 0 radical (unpaired) electrons. The first-order chi connectivity index (χ1) is 15.7. The highest BCUT2D eigenvalue weighted by molar-refractivity contribution is 8.27. The molecular weight excluding hydrogens is 461 g/mol. The first-order valence-electron chi connectivity index (χ1n) is 9.19. The molecule has 0 saturated carbocycles. The van der Waals surface area contributed by atoms with Crippen molar-refractivity contribution in [3.8, 4) is 11.5 Å². The maximum atomic E-state index is 12.9. The number of methoxy groups -OCH3 is 1. The third-order valence-corrected chi connectivity index (χ3v) is 5.38. The van der Waals surface area contributed by atoms with E-state index in [-0.39, 0.29) is 28.3 Å². The van der Waals surface area contributed by atoms with E-state index in [1.54, 1.807) is 24.3 Å². The Labute approximate surface area is 188 Å². The number of carbonyl (C=O) groups is 2. The van der Waals surface area contributed by atoms with Crippen molar-refractivity contribution in [1.29, 1.82) is 5.41 Å². The number of ether oxygens (including phenoxy) is 2. The maximum absolute atomic E-state index is 12.9. The SMILES string of the molecule is COc1ccc(C(=O)Oc2ccc(C=C3C(=N)N4N=C(C(F)(F)F)SC4=NC3=O)cc2)cc1. The molecule has 0 unspecified atom stereocenters. The summed E-state index contributed by atoms with van der Waals surface area (Å²) in [6.45, 7) is 0. The molecule has 0 fully saturated rings. The van der Waals surface area contributed by atoms with Gasteiger partial charge >= 0.3 is 12.1 Å². The molecule has 1 amide bonds. The predicted molar refractivity (Wildman–Crippen MR) is 115 cm³/mol. The number of nitrogens with zero attached hydrogens (tertiary/aromatic N) is 3. The highest BCUT2D eigenvalue weighted by atomic mass is 32.2. The van der Waals surface area contributed by atoms with Gasteiger partial charge in [0.05, 0.1) is 18.2 Å². The third kappa shape index (κ3) is 4.65. The van der Waals surface area contributed by atoms with E-state index in [1.165, 1.54) is 37.5 Å². The summed E-state index contributed by atoms with van der Waals surface area (Å²) >= 11 is 0.182. The van der Waals surface area contributed by atoms with Crippen LogP contribution in [0.5, 0.6) is 11.5 Å². The number of amidine groups is 2. The number of fused-ring (bicyclic) bond motifs is 1. The zero-order valence-corrected chi connectivity index (χ0v) is 17.5. The Morgan fingerprint density at radius 3 is 2.33 bits per heavy atom. The van der Waals surface area contributed by atoms with E-state index in [1.807, 2.05) is 0 Å². The standard InChI is InChI=1S/C21H13F3N4O4S/c1-31-13-8-4-12(5-9-13)18(30)32-14-6-2-11(3-7-14)10-15-16(25)28-20(26-17(15)29)33-19(27-28)21(22,23)24/h2-10,25H,1H3. The van der Waals surface area contributed by atoms with Crippen LogP contribution in [0.15, 0.2) is 64.2 Å². The van der Waals surface area contributed by atoms with Gasteiger partial charge in [-0.3, -0.25) is 10.2 Å². The highest BCUT2D eigenvalue weighted by Gasteiger charge is 2.46. The lowest BCUT2D eigenvalue weighted by molar-refractivity contribution is -0.114. The minimum absolute atomic E-state index is 0.182. The average molecular weight is 474 g/mol. The molecule has 33 heavy (non-hydrogen) atoms. The quantitative estimate of drug-likeness (QED) is 0.407. The molecule has 2 heterocycles. The van der Waals surface area contributed by atoms with Crippen LogP contribution >= 0.6 is 11.8 Å². The van der Waals surface area contributed by atoms with Crippen molar-refractivity contribution >= 4 is 45.8 Å². The monoisotopic (exact) mass is 474 g/mol. The molecule has 8 nitrogen and oxygen atoms in total. The summed E-state index contributed by atoms with van der Waals surface area (Å²) in [5.41, 5.74) is 0.534. The molecule has 2 aromatic rings. The second kappa shape index (κ2) is 8.54.